The van der Waals surface area contributed by atoms with E-state index in [4.69, 9.17) is 0 Å². The fraction of sp³-hybridized carbons (Fsp3) is 0.647. The van der Waals surface area contributed by atoms with Crippen molar-refractivity contribution < 1.29 is 4.79 Å². The number of hydrogen-bond donors (Lipinski definition) is 1. The molecule has 8 nitrogen and oxygen atoms in total. The zero-order valence-electron chi connectivity index (χ0n) is 14.7. The van der Waals surface area contributed by atoms with Crippen molar-refractivity contribution in [2.45, 2.75) is 37.6 Å². The molecule has 2 aromatic heterocycles. The summed E-state index contributed by atoms with van der Waals surface area (Å²) in [5.74, 6) is 0.0645. The first kappa shape index (κ1) is 16.4. The lowest BCUT2D eigenvalue weighted by Gasteiger charge is -2.40. The van der Waals surface area contributed by atoms with Crippen LogP contribution >= 0.6 is 0 Å². The average molecular weight is 343 g/mol. The van der Waals surface area contributed by atoms with Crippen molar-refractivity contribution in [3.05, 3.63) is 18.9 Å². The average Bonchev–Trinajstić information content (AvgIpc) is 3.09. The first-order valence-electron chi connectivity index (χ1n) is 9.07. The summed E-state index contributed by atoms with van der Waals surface area (Å²) in [5.41, 5.74) is 4.05. The summed E-state index contributed by atoms with van der Waals surface area (Å²) in [6.45, 7) is 3.64. The predicted octanol–water partition coefficient (Wildman–Crippen LogP) is 0.764. The molecule has 0 radical (unpaired) electrons. The first-order chi connectivity index (χ1) is 12.2. The van der Waals surface area contributed by atoms with Gasteiger partial charge in [-0.05, 0) is 19.9 Å². The van der Waals surface area contributed by atoms with Gasteiger partial charge in [0.25, 0.3) is 5.91 Å². The maximum atomic E-state index is 13.4. The molecule has 2 aliphatic rings. The van der Waals surface area contributed by atoms with Gasteiger partial charge in [-0.2, -0.15) is 0 Å². The summed E-state index contributed by atoms with van der Waals surface area (Å²) in [6, 6.07) is 0. The molecule has 8 heteroatoms. The molecule has 1 saturated carbocycles. The molecule has 0 aromatic carbocycles. The molecule has 0 unspecified atom stereocenters. The van der Waals surface area contributed by atoms with E-state index in [1.165, 1.54) is 12.7 Å². The topological polar surface area (TPSA) is 79.2 Å². The zero-order valence-corrected chi connectivity index (χ0v) is 14.7. The van der Waals surface area contributed by atoms with E-state index in [1.54, 1.807) is 12.5 Å². The highest BCUT2D eigenvalue weighted by Gasteiger charge is 2.43. The molecular weight excluding hydrogens is 318 g/mol. The van der Waals surface area contributed by atoms with Gasteiger partial charge >= 0.3 is 0 Å². The monoisotopic (exact) mass is 343 g/mol. The van der Waals surface area contributed by atoms with Crippen molar-refractivity contribution in [3.8, 4) is 0 Å². The molecule has 0 spiro atoms. The molecule has 1 saturated heterocycles. The predicted molar refractivity (Wildman–Crippen MR) is 93.6 cm³/mol. The van der Waals surface area contributed by atoms with Crippen LogP contribution < -0.4 is 5.43 Å². The highest BCUT2D eigenvalue weighted by molar-refractivity contribution is 5.86. The van der Waals surface area contributed by atoms with Crippen molar-refractivity contribution >= 4 is 17.1 Å². The summed E-state index contributed by atoms with van der Waals surface area (Å²) >= 11 is 0. The molecular formula is C17H25N7O. The molecule has 25 heavy (non-hydrogen) atoms. The summed E-state index contributed by atoms with van der Waals surface area (Å²) < 4.78 is 1.98. The number of nitrogens with one attached hydrogen (secondary N) is 1. The van der Waals surface area contributed by atoms with Gasteiger partial charge in [0.05, 0.1) is 12.5 Å². The third-order valence-electron chi connectivity index (χ3n) is 5.54. The van der Waals surface area contributed by atoms with Crippen molar-refractivity contribution in [2.75, 3.05) is 33.2 Å². The molecule has 1 N–H and O–H groups in total. The quantitative estimate of drug-likeness (QED) is 0.887. The second kappa shape index (κ2) is 6.68. The summed E-state index contributed by atoms with van der Waals surface area (Å²) in [5, 5.41) is 2.05. The van der Waals surface area contributed by atoms with Crippen LogP contribution in [0.3, 0.4) is 0 Å². The SMILES string of the molecule is CN1CCN(NC(=O)C2(n3cnc4cncnc43)CCCCC2)CC1. The van der Waals surface area contributed by atoms with Crippen molar-refractivity contribution in [1.29, 1.82) is 0 Å². The van der Waals surface area contributed by atoms with Gasteiger partial charge in [-0.3, -0.25) is 14.8 Å². The van der Waals surface area contributed by atoms with Crippen LogP contribution in [0.4, 0.5) is 0 Å². The van der Waals surface area contributed by atoms with Crippen LogP contribution in [0, 0.1) is 0 Å². The minimum Gasteiger partial charge on any atom is -0.304 e. The van der Waals surface area contributed by atoms with Gasteiger partial charge in [-0.25, -0.2) is 20.0 Å². The van der Waals surface area contributed by atoms with E-state index in [1.807, 2.05) is 9.58 Å². The molecule has 1 amide bonds. The Hall–Kier alpha value is -2.06. The normalized spacial score (nSPS) is 22.1. The van der Waals surface area contributed by atoms with Gasteiger partial charge in [0.2, 0.25) is 0 Å². The van der Waals surface area contributed by atoms with Crippen molar-refractivity contribution in [3.63, 3.8) is 0 Å². The Morgan fingerprint density at radius 2 is 1.88 bits per heavy atom. The Balaban J connectivity index is 1.64. The number of amides is 1. The molecule has 3 heterocycles. The smallest absolute Gasteiger partial charge is 0.260 e. The summed E-state index contributed by atoms with van der Waals surface area (Å²) in [6.07, 6.45) is 9.88. The van der Waals surface area contributed by atoms with Crippen LogP contribution in [-0.4, -0.2) is 68.6 Å². The van der Waals surface area contributed by atoms with Crippen LogP contribution in [0.5, 0.6) is 0 Å². The number of rotatable bonds is 3. The Labute approximate surface area is 147 Å². The van der Waals surface area contributed by atoms with Gasteiger partial charge in [-0.15, -0.1) is 0 Å². The maximum Gasteiger partial charge on any atom is 0.260 e. The van der Waals surface area contributed by atoms with E-state index in [0.717, 1.165) is 63.0 Å². The lowest BCUT2D eigenvalue weighted by Crippen LogP contribution is -2.58. The number of fused-ring (bicyclic) bond motifs is 1. The maximum absolute atomic E-state index is 13.4. The van der Waals surface area contributed by atoms with E-state index in [-0.39, 0.29) is 5.91 Å². The Morgan fingerprint density at radius 3 is 2.64 bits per heavy atom. The largest absolute Gasteiger partial charge is 0.304 e. The Kier molecular flexibility index (Phi) is 4.39. The number of nitrogens with zero attached hydrogens (tertiary/aromatic N) is 6. The van der Waals surface area contributed by atoms with Crippen LogP contribution in [0.2, 0.25) is 0 Å². The minimum absolute atomic E-state index is 0.0645. The third-order valence-corrected chi connectivity index (χ3v) is 5.54. The van der Waals surface area contributed by atoms with Crippen molar-refractivity contribution in [2.24, 2.45) is 0 Å². The standard InChI is InChI=1S/C17H25N7O/c1-22-7-9-23(10-8-22)21-16(25)17(5-3-2-4-6-17)24-13-20-14-11-18-12-19-15(14)24/h11-13H,2-10H2,1H3,(H,21,25). The van der Waals surface area contributed by atoms with Gasteiger partial charge in [-0.1, -0.05) is 19.3 Å². The van der Waals surface area contributed by atoms with Gasteiger partial charge < -0.3 is 4.90 Å². The fourth-order valence-corrected chi connectivity index (χ4v) is 3.96. The zero-order chi connectivity index (χ0) is 17.3. The number of hydrogen-bond acceptors (Lipinski definition) is 6. The number of carbonyl (C=O) groups is 1. The second-order valence-corrected chi connectivity index (χ2v) is 7.17. The molecule has 0 atom stereocenters. The minimum atomic E-state index is -0.606. The third kappa shape index (κ3) is 3.00. The number of aromatic nitrogens is 4. The lowest BCUT2D eigenvalue weighted by molar-refractivity contribution is -0.137. The number of hydrazine groups is 1. The van der Waals surface area contributed by atoms with Crippen molar-refractivity contribution in [1.82, 2.24) is 34.9 Å². The molecule has 4 rings (SSSR count). The number of imidazole rings is 1. The van der Waals surface area contributed by atoms with E-state index >= 15 is 0 Å². The highest BCUT2D eigenvalue weighted by Crippen LogP contribution is 2.37. The lowest BCUT2D eigenvalue weighted by atomic mass is 9.80. The number of piperazine rings is 1. The van der Waals surface area contributed by atoms with E-state index in [0.29, 0.717) is 0 Å². The Morgan fingerprint density at radius 1 is 1.12 bits per heavy atom. The van der Waals surface area contributed by atoms with Gasteiger partial charge in [0, 0.05) is 26.2 Å². The van der Waals surface area contributed by atoms with Crippen LogP contribution in [0.15, 0.2) is 18.9 Å². The van der Waals surface area contributed by atoms with Crippen LogP contribution in [0.1, 0.15) is 32.1 Å². The van der Waals surface area contributed by atoms with Gasteiger partial charge in [0.1, 0.15) is 17.4 Å². The first-order valence-corrected chi connectivity index (χ1v) is 9.07. The summed E-state index contributed by atoms with van der Waals surface area (Å²) in [7, 11) is 2.11. The molecule has 1 aliphatic heterocycles. The van der Waals surface area contributed by atoms with E-state index in [2.05, 4.69) is 32.3 Å². The van der Waals surface area contributed by atoms with Gasteiger partial charge in [0.15, 0.2) is 5.65 Å². The molecule has 134 valence electrons. The molecule has 2 fully saturated rings. The molecule has 0 bridgehead atoms. The molecule has 1 aliphatic carbocycles. The summed E-state index contributed by atoms with van der Waals surface area (Å²) in [4.78, 5) is 28.5. The number of carbonyl (C=O) groups excluding carboxylic acids is 1. The van der Waals surface area contributed by atoms with Crippen LogP contribution in [0.25, 0.3) is 11.2 Å². The highest BCUT2D eigenvalue weighted by atomic mass is 16.2. The fourth-order valence-electron chi connectivity index (χ4n) is 3.96. The second-order valence-electron chi connectivity index (χ2n) is 7.17. The molecule has 2 aromatic rings. The van der Waals surface area contributed by atoms with E-state index < -0.39 is 5.54 Å². The number of likely N-dealkylation sites (N-methyl/N-ethyl adjacent to an activating group) is 1. The Bertz CT molecular complexity index is 744. The van der Waals surface area contributed by atoms with Crippen LogP contribution in [-0.2, 0) is 10.3 Å². The van der Waals surface area contributed by atoms with E-state index in [9.17, 15) is 4.79 Å².